The van der Waals surface area contributed by atoms with E-state index in [1.165, 1.54) is 4.88 Å². The van der Waals surface area contributed by atoms with E-state index in [0.717, 1.165) is 17.3 Å². The minimum atomic E-state index is -2.79. The maximum absolute atomic E-state index is 11.5. The summed E-state index contributed by atoms with van der Waals surface area (Å²) in [6.07, 6.45) is 1.69. The Morgan fingerprint density at radius 3 is 2.88 bits per heavy atom. The molecule has 2 atom stereocenters. The molecule has 1 saturated heterocycles. The van der Waals surface area contributed by atoms with Crippen molar-refractivity contribution < 1.29 is 8.42 Å². The average molecular weight is 338 g/mol. The van der Waals surface area contributed by atoms with Gasteiger partial charge in [-0.05, 0) is 53.2 Å². The molecule has 1 aliphatic heterocycles. The molecule has 3 nitrogen and oxygen atoms in total. The SMILES string of the molecule is CNC(Cc1sccc1Br)C1CCS(=O)(=O)C1. The summed E-state index contributed by atoms with van der Waals surface area (Å²) in [5, 5.41) is 5.32. The Labute approximate surface area is 115 Å². The van der Waals surface area contributed by atoms with Crippen molar-refractivity contribution in [3.05, 3.63) is 20.8 Å². The van der Waals surface area contributed by atoms with E-state index in [9.17, 15) is 8.42 Å². The van der Waals surface area contributed by atoms with Crippen molar-refractivity contribution in [3.63, 3.8) is 0 Å². The number of thiophene rings is 1. The molecule has 0 saturated carbocycles. The van der Waals surface area contributed by atoms with Gasteiger partial charge in [-0.3, -0.25) is 0 Å². The quantitative estimate of drug-likeness (QED) is 0.914. The fourth-order valence-electron chi connectivity index (χ4n) is 2.32. The Kier molecular flexibility index (Phi) is 4.28. The molecule has 2 heterocycles. The third-order valence-corrected chi connectivity index (χ3v) is 7.05. The fourth-order valence-corrected chi connectivity index (χ4v) is 5.77. The first kappa shape index (κ1) is 13.5. The van der Waals surface area contributed by atoms with Crippen LogP contribution in [0.15, 0.2) is 15.9 Å². The molecule has 1 fully saturated rings. The van der Waals surface area contributed by atoms with E-state index in [2.05, 4.69) is 26.6 Å². The summed E-state index contributed by atoms with van der Waals surface area (Å²) in [6, 6.07) is 2.29. The maximum atomic E-state index is 11.5. The van der Waals surface area contributed by atoms with Gasteiger partial charge in [0.2, 0.25) is 0 Å². The minimum Gasteiger partial charge on any atom is -0.316 e. The van der Waals surface area contributed by atoms with Gasteiger partial charge in [0.15, 0.2) is 9.84 Å². The van der Waals surface area contributed by atoms with Gasteiger partial charge < -0.3 is 5.32 Å². The fraction of sp³-hybridized carbons (Fsp3) is 0.636. The number of hydrogen-bond donors (Lipinski definition) is 1. The van der Waals surface area contributed by atoms with Crippen molar-refractivity contribution in [3.8, 4) is 0 Å². The molecule has 6 heteroatoms. The first-order valence-electron chi connectivity index (χ1n) is 5.61. The van der Waals surface area contributed by atoms with Gasteiger partial charge in [0.25, 0.3) is 0 Å². The van der Waals surface area contributed by atoms with Crippen LogP contribution in [0.1, 0.15) is 11.3 Å². The summed E-state index contributed by atoms with van der Waals surface area (Å²) in [6.45, 7) is 0. The molecule has 0 amide bonds. The number of nitrogens with one attached hydrogen (secondary N) is 1. The van der Waals surface area contributed by atoms with Gasteiger partial charge in [0.1, 0.15) is 0 Å². The smallest absolute Gasteiger partial charge is 0.150 e. The van der Waals surface area contributed by atoms with E-state index in [4.69, 9.17) is 0 Å². The Balaban J connectivity index is 2.05. The third kappa shape index (κ3) is 3.30. The Morgan fingerprint density at radius 2 is 2.41 bits per heavy atom. The van der Waals surface area contributed by atoms with Crippen LogP contribution in [0.25, 0.3) is 0 Å². The highest BCUT2D eigenvalue weighted by molar-refractivity contribution is 9.10. The Bertz CT molecular complexity index is 483. The summed E-state index contributed by atoms with van der Waals surface area (Å²) in [5.41, 5.74) is 0. The second-order valence-electron chi connectivity index (χ2n) is 4.45. The zero-order chi connectivity index (χ0) is 12.5. The molecule has 2 unspecified atom stereocenters. The van der Waals surface area contributed by atoms with E-state index in [0.29, 0.717) is 11.5 Å². The van der Waals surface area contributed by atoms with Gasteiger partial charge in [0, 0.05) is 15.4 Å². The molecule has 0 radical (unpaired) electrons. The molecule has 96 valence electrons. The maximum Gasteiger partial charge on any atom is 0.150 e. The normalized spacial score (nSPS) is 24.9. The van der Waals surface area contributed by atoms with Crippen LogP contribution in [0, 0.1) is 5.92 Å². The van der Waals surface area contributed by atoms with E-state index in [-0.39, 0.29) is 12.0 Å². The summed E-state index contributed by atoms with van der Waals surface area (Å²) >= 11 is 5.23. The number of rotatable bonds is 4. The van der Waals surface area contributed by atoms with E-state index in [1.54, 1.807) is 11.3 Å². The molecule has 2 rings (SSSR count). The van der Waals surface area contributed by atoms with Crippen LogP contribution in [0.5, 0.6) is 0 Å². The lowest BCUT2D eigenvalue weighted by Crippen LogP contribution is -2.36. The molecule has 1 aliphatic rings. The monoisotopic (exact) mass is 337 g/mol. The standard InChI is InChI=1S/C11H16BrNO2S2/c1-13-10(6-11-9(12)2-4-16-11)8-3-5-17(14,15)7-8/h2,4,8,10,13H,3,5-7H2,1H3. The topological polar surface area (TPSA) is 46.2 Å². The Morgan fingerprint density at radius 1 is 1.65 bits per heavy atom. The lowest BCUT2D eigenvalue weighted by molar-refractivity contribution is 0.404. The summed E-state index contributed by atoms with van der Waals surface area (Å²) in [5.74, 6) is 0.933. The van der Waals surface area contributed by atoms with Crippen LogP contribution in [0.2, 0.25) is 0 Å². The van der Waals surface area contributed by atoms with Gasteiger partial charge in [0.05, 0.1) is 11.5 Å². The van der Waals surface area contributed by atoms with Crippen molar-refractivity contribution in [2.45, 2.75) is 18.9 Å². The van der Waals surface area contributed by atoms with Crippen LogP contribution < -0.4 is 5.32 Å². The molecule has 1 aromatic rings. The predicted molar refractivity (Wildman–Crippen MR) is 75.3 cm³/mol. The second-order valence-corrected chi connectivity index (χ2v) is 8.54. The van der Waals surface area contributed by atoms with Crippen molar-refractivity contribution in [2.75, 3.05) is 18.6 Å². The first-order valence-corrected chi connectivity index (χ1v) is 9.11. The van der Waals surface area contributed by atoms with Gasteiger partial charge in [-0.15, -0.1) is 11.3 Å². The van der Waals surface area contributed by atoms with Gasteiger partial charge in [-0.2, -0.15) is 0 Å². The van der Waals surface area contributed by atoms with E-state index >= 15 is 0 Å². The van der Waals surface area contributed by atoms with Crippen molar-refractivity contribution in [2.24, 2.45) is 5.92 Å². The first-order chi connectivity index (χ1) is 8.02. The molecule has 0 aliphatic carbocycles. The van der Waals surface area contributed by atoms with Crippen LogP contribution in [0.3, 0.4) is 0 Å². The highest BCUT2D eigenvalue weighted by atomic mass is 79.9. The van der Waals surface area contributed by atoms with Crippen molar-refractivity contribution in [1.29, 1.82) is 0 Å². The molecule has 1 aromatic heterocycles. The molecular formula is C11H16BrNO2S2. The number of halogens is 1. The lowest BCUT2D eigenvalue weighted by Gasteiger charge is -2.21. The van der Waals surface area contributed by atoms with Crippen molar-refractivity contribution >= 4 is 37.1 Å². The molecule has 0 aromatic carbocycles. The molecule has 17 heavy (non-hydrogen) atoms. The Hall–Kier alpha value is 0.0900. The van der Waals surface area contributed by atoms with Crippen LogP contribution in [-0.4, -0.2) is 33.0 Å². The van der Waals surface area contributed by atoms with Crippen LogP contribution in [-0.2, 0) is 16.3 Å². The van der Waals surface area contributed by atoms with Crippen LogP contribution >= 0.6 is 27.3 Å². The number of hydrogen-bond acceptors (Lipinski definition) is 4. The second kappa shape index (κ2) is 5.38. The zero-order valence-corrected chi connectivity index (χ0v) is 12.9. The zero-order valence-electron chi connectivity index (χ0n) is 9.65. The summed E-state index contributed by atoms with van der Waals surface area (Å²) < 4.78 is 24.1. The highest BCUT2D eigenvalue weighted by Crippen LogP contribution is 2.28. The number of sulfone groups is 1. The average Bonchev–Trinajstić information content (AvgIpc) is 2.82. The largest absolute Gasteiger partial charge is 0.316 e. The molecule has 0 bridgehead atoms. The van der Waals surface area contributed by atoms with Gasteiger partial charge in [-0.25, -0.2) is 8.42 Å². The van der Waals surface area contributed by atoms with Crippen molar-refractivity contribution in [1.82, 2.24) is 5.32 Å². The highest BCUT2D eigenvalue weighted by Gasteiger charge is 2.33. The predicted octanol–water partition coefficient (Wildman–Crippen LogP) is 2.08. The lowest BCUT2D eigenvalue weighted by atomic mass is 9.96. The summed E-state index contributed by atoms with van der Waals surface area (Å²) in [7, 11) is -0.874. The number of likely N-dealkylation sites (N-methyl/N-ethyl adjacent to an activating group) is 1. The van der Waals surface area contributed by atoms with E-state index < -0.39 is 9.84 Å². The summed E-state index contributed by atoms with van der Waals surface area (Å²) in [4.78, 5) is 1.29. The minimum absolute atomic E-state index is 0.249. The van der Waals surface area contributed by atoms with Gasteiger partial charge >= 0.3 is 0 Å². The molecule has 0 spiro atoms. The van der Waals surface area contributed by atoms with E-state index in [1.807, 2.05) is 13.1 Å². The van der Waals surface area contributed by atoms with Crippen LogP contribution in [0.4, 0.5) is 0 Å². The molecule has 1 N–H and O–H groups in total. The van der Waals surface area contributed by atoms with Gasteiger partial charge in [-0.1, -0.05) is 0 Å². The molecular weight excluding hydrogens is 322 g/mol. The third-order valence-electron chi connectivity index (χ3n) is 3.30.